The third kappa shape index (κ3) is 4.03. The predicted octanol–water partition coefficient (Wildman–Crippen LogP) is 13.2. The molecule has 0 spiro atoms. The Morgan fingerprint density at radius 2 is 0.851 bits per heavy atom. The molecule has 0 fully saturated rings. The van der Waals surface area contributed by atoms with Gasteiger partial charge in [-0.05, 0) is 101 Å². The zero-order valence-corrected chi connectivity index (χ0v) is 25.6. The van der Waals surface area contributed by atoms with Gasteiger partial charge in [0.1, 0.15) is 11.2 Å². The minimum Gasteiger partial charge on any atom is -0.456 e. The third-order valence-corrected chi connectivity index (χ3v) is 9.83. The van der Waals surface area contributed by atoms with Crippen LogP contribution in [0.5, 0.6) is 0 Å². The number of hydrogen-bond acceptors (Lipinski definition) is 1. The van der Waals surface area contributed by atoms with Crippen LogP contribution in [-0.4, -0.2) is 0 Å². The summed E-state index contributed by atoms with van der Waals surface area (Å²) in [5.74, 6) is 0. The quantitative estimate of drug-likeness (QED) is 0.185. The van der Waals surface area contributed by atoms with Gasteiger partial charge in [0.05, 0.1) is 0 Å². The molecule has 0 aliphatic heterocycles. The van der Waals surface area contributed by atoms with Crippen LogP contribution in [0.2, 0.25) is 0 Å². The lowest BCUT2D eigenvalue weighted by atomic mass is 9.84. The fourth-order valence-electron chi connectivity index (χ4n) is 7.65. The lowest BCUT2D eigenvalue weighted by molar-refractivity contribution is 0.669. The molecule has 10 rings (SSSR count). The van der Waals surface area contributed by atoms with E-state index in [0.29, 0.717) is 0 Å². The summed E-state index contributed by atoms with van der Waals surface area (Å²) in [5, 5.41) is 12.3. The van der Waals surface area contributed by atoms with Crippen molar-refractivity contribution in [2.24, 2.45) is 0 Å². The van der Waals surface area contributed by atoms with Gasteiger partial charge >= 0.3 is 0 Å². The Kier molecular flexibility index (Phi) is 5.64. The van der Waals surface area contributed by atoms with Crippen LogP contribution in [0.15, 0.2) is 174 Å². The zero-order valence-electron chi connectivity index (χ0n) is 25.6. The van der Waals surface area contributed by atoms with E-state index in [0.717, 1.165) is 21.9 Å². The highest BCUT2D eigenvalue weighted by Crippen LogP contribution is 2.45. The molecule has 218 valence electrons. The Balaban J connectivity index is 1.13. The van der Waals surface area contributed by atoms with Crippen LogP contribution in [0.25, 0.3) is 98.4 Å². The van der Waals surface area contributed by atoms with E-state index in [1.54, 1.807) is 0 Å². The predicted molar refractivity (Wildman–Crippen MR) is 200 cm³/mol. The molecular weight excluding hydrogens is 569 g/mol. The molecule has 0 radical (unpaired) electrons. The number of hydrogen-bond donors (Lipinski definition) is 0. The van der Waals surface area contributed by atoms with Crippen molar-refractivity contribution in [1.82, 2.24) is 0 Å². The number of benzene rings is 9. The summed E-state index contributed by atoms with van der Waals surface area (Å²) >= 11 is 0. The van der Waals surface area contributed by atoms with Crippen molar-refractivity contribution >= 4 is 65.0 Å². The van der Waals surface area contributed by atoms with Gasteiger partial charge in [0, 0.05) is 10.8 Å². The van der Waals surface area contributed by atoms with Crippen LogP contribution in [0.3, 0.4) is 0 Å². The molecule has 0 saturated heterocycles. The fourth-order valence-corrected chi connectivity index (χ4v) is 7.65. The SMILES string of the molecule is c1ccc2c(-c3c4ccccc4c(-c4ccc(-c5ccc6cc7oc8ccccc8c7cc6c5)cc4)c4ccccc34)cccc2c1. The lowest BCUT2D eigenvalue weighted by Gasteiger charge is -2.19. The molecule has 1 aromatic heterocycles. The summed E-state index contributed by atoms with van der Waals surface area (Å²) in [6.45, 7) is 0. The first-order valence-electron chi connectivity index (χ1n) is 16.2. The first-order chi connectivity index (χ1) is 23.3. The average molecular weight is 597 g/mol. The second kappa shape index (κ2) is 10.2. The minimum atomic E-state index is 0.929. The molecule has 0 saturated carbocycles. The van der Waals surface area contributed by atoms with E-state index in [1.807, 2.05) is 12.1 Å². The van der Waals surface area contributed by atoms with Gasteiger partial charge in [0.15, 0.2) is 0 Å². The highest BCUT2D eigenvalue weighted by atomic mass is 16.3. The third-order valence-electron chi connectivity index (χ3n) is 9.83. The van der Waals surface area contributed by atoms with E-state index in [-0.39, 0.29) is 0 Å². The van der Waals surface area contributed by atoms with E-state index >= 15 is 0 Å². The maximum absolute atomic E-state index is 6.14. The minimum absolute atomic E-state index is 0.929. The van der Waals surface area contributed by atoms with Crippen LogP contribution >= 0.6 is 0 Å². The van der Waals surface area contributed by atoms with E-state index in [4.69, 9.17) is 4.42 Å². The van der Waals surface area contributed by atoms with Crippen LogP contribution in [0.1, 0.15) is 0 Å². The molecule has 9 aromatic carbocycles. The molecule has 0 amide bonds. The highest BCUT2D eigenvalue weighted by molar-refractivity contribution is 6.23. The molecule has 1 heterocycles. The molecule has 0 N–H and O–H groups in total. The normalized spacial score (nSPS) is 11.8. The topological polar surface area (TPSA) is 13.1 Å². The van der Waals surface area contributed by atoms with Crippen LogP contribution < -0.4 is 0 Å². The van der Waals surface area contributed by atoms with Gasteiger partial charge in [-0.2, -0.15) is 0 Å². The summed E-state index contributed by atoms with van der Waals surface area (Å²) < 4.78 is 6.14. The zero-order chi connectivity index (χ0) is 30.9. The smallest absolute Gasteiger partial charge is 0.136 e. The van der Waals surface area contributed by atoms with E-state index < -0.39 is 0 Å². The van der Waals surface area contributed by atoms with Crippen molar-refractivity contribution in [3.63, 3.8) is 0 Å². The molecule has 1 nitrogen and oxygen atoms in total. The Bertz CT molecular complexity index is 2770. The Labute approximate surface area is 271 Å². The van der Waals surface area contributed by atoms with Gasteiger partial charge in [-0.3, -0.25) is 0 Å². The van der Waals surface area contributed by atoms with Crippen molar-refractivity contribution in [2.75, 3.05) is 0 Å². The molecular formula is C46H28O. The number of fused-ring (bicyclic) bond motifs is 7. The second-order valence-corrected chi connectivity index (χ2v) is 12.5. The number of para-hydroxylation sites is 1. The summed E-state index contributed by atoms with van der Waals surface area (Å²) in [7, 11) is 0. The maximum Gasteiger partial charge on any atom is 0.136 e. The molecule has 0 aliphatic carbocycles. The Hall–Kier alpha value is -6.18. The second-order valence-electron chi connectivity index (χ2n) is 12.5. The lowest BCUT2D eigenvalue weighted by Crippen LogP contribution is -1.91. The van der Waals surface area contributed by atoms with E-state index in [2.05, 4.69) is 158 Å². The van der Waals surface area contributed by atoms with Gasteiger partial charge < -0.3 is 4.42 Å². The molecule has 10 aromatic rings. The van der Waals surface area contributed by atoms with Crippen molar-refractivity contribution in [1.29, 1.82) is 0 Å². The van der Waals surface area contributed by atoms with Gasteiger partial charge in [0.25, 0.3) is 0 Å². The molecule has 0 aliphatic rings. The largest absolute Gasteiger partial charge is 0.456 e. The molecule has 1 heteroatoms. The summed E-state index contributed by atoms with van der Waals surface area (Å²) in [4.78, 5) is 0. The highest BCUT2D eigenvalue weighted by Gasteiger charge is 2.18. The van der Waals surface area contributed by atoms with Crippen LogP contribution in [-0.2, 0) is 0 Å². The molecule has 0 atom stereocenters. The van der Waals surface area contributed by atoms with Gasteiger partial charge in [-0.15, -0.1) is 0 Å². The monoisotopic (exact) mass is 596 g/mol. The standard InChI is InChI=1S/C46H28O/c1-2-12-35-30(10-1)11-9-18-37(35)46-40-16-5-3-14-38(40)45(39-15-4-6-17-41(39)46)31-22-20-29(21-23-31)32-24-25-33-28-44-42(27-34(33)26-32)36-13-7-8-19-43(36)47-44/h1-28H. The first-order valence-corrected chi connectivity index (χ1v) is 16.2. The average Bonchev–Trinajstić information content (AvgIpc) is 3.50. The summed E-state index contributed by atoms with van der Waals surface area (Å²) in [6.07, 6.45) is 0. The van der Waals surface area contributed by atoms with Crippen LogP contribution in [0, 0.1) is 0 Å². The molecule has 0 bridgehead atoms. The van der Waals surface area contributed by atoms with Gasteiger partial charge in [-0.25, -0.2) is 0 Å². The summed E-state index contributed by atoms with van der Waals surface area (Å²) in [5.41, 5.74) is 9.34. The first kappa shape index (κ1) is 26.1. The number of rotatable bonds is 3. The van der Waals surface area contributed by atoms with E-state index in [9.17, 15) is 0 Å². The summed E-state index contributed by atoms with van der Waals surface area (Å²) in [6, 6.07) is 61.7. The molecule has 47 heavy (non-hydrogen) atoms. The van der Waals surface area contributed by atoms with Crippen LogP contribution in [0.4, 0.5) is 0 Å². The maximum atomic E-state index is 6.14. The Morgan fingerprint density at radius 1 is 0.277 bits per heavy atom. The Morgan fingerprint density at radius 3 is 1.60 bits per heavy atom. The van der Waals surface area contributed by atoms with E-state index in [1.165, 1.54) is 76.5 Å². The van der Waals surface area contributed by atoms with Crippen molar-refractivity contribution in [3.8, 4) is 33.4 Å². The van der Waals surface area contributed by atoms with Crippen molar-refractivity contribution < 1.29 is 4.42 Å². The number of furan rings is 1. The van der Waals surface area contributed by atoms with Crippen molar-refractivity contribution in [3.05, 3.63) is 170 Å². The molecule has 0 unspecified atom stereocenters. The van der Waals surface area contributed by atoms with Gasteiger partial charge in [-0.1, -0.05) is 146 Å². The fraction of sp³-hybridized carbons (Fsp3) is 0. The van der Waals surface area contributed by atoms with Gasteiger partial charge in [0.2, 0.25) is 0 Å². The van der Waals surface area contributed by atoms with Crippen molar-refractivity contribution in [2.45, 2.75) is 0 Å².